The van der Waals surface area contributed by atoms with Crippen molar-refractivity contribution >= 4 is 23.6 Å². The molecule has 3 rings (SSSR count). The van der Waals surface area contributed by atoms with E-state index in [0.717, 1.165) is 25.7 Å². The summed E-state index contributed by atoms with van der Waals surface area (Å²) in [6.45, 7) is 1.84. The first-order valence-electron chi connectivity index (χ1n) is 7.06. The molecule has 8 heteroatoms. The minimum Gasteiger partial charge on any atom is -0.342 e. The van der Waals surface area contributed by atoms with Crippen LogP contribution in [0.3, 0.4) is 0 Å². The van der Waals surface area contributed by atoms with E-state index < -0.39 is 5.54 Å². The molecule has 2 heterocycles. The number of amides is 2. The molecule has 2 aliphatic rings. The Morgan fingerprint density at radius 3 is 2.81 bits per heavy atom. The SMILES string of the molecule is Cc1nc(C2(NC(=O)CN3CSCC3=O)CCCC2)no1. The van der Waals surface area contributed by atoms with Gasteiger partial charge in [0.15, 0.2) is 5.82 Å². The minimum absolute atomic E-state index is 0.0195. The zero-order chi connectivity index (χ0) is 14.9. The van der Waals surface area contributed by atoms with Crippen LogP contribution in [0.25, 0.3) is 0 Å². The predicted octanol–water partition coefficient (Wildman–Crippen LogP) is 0.796. The summed E-state index contributed by atoms with van der Waals surface area (Å²) in [5.74, 6) is 1.95. The third-order valence-electron chi connectivity index (χ3n) is 3.95. The predicted molar refractivity (Wildman–Crippen MR) is 76.4 cm³/mol. The van der Waals surface area contributed by atoms with Gasteiger partial charge in [0.1, 0.15) is 12.1 Å². The van der Waals surface area contributed by atoms with Crippen molar-refractivity contribution in [1.82, 2.24) is 20.4 Å². The van der Waals surface area contributed by atoms with Crippen LogP contribution in [0.5, 0.6) is 0 Å². The molecule has 21 heavy (non-hydrogen) atoms. The van der Waals surface area contributed by atoms with Crippen LogP contribution in [0.1, 0.15) is 37.4 Å². The van der Waals surface area contributed by atoms with Crippen molar-refractivity contribution in [2.24, 2.45) is 0 Å². The Kier molecular flexibility index (Phi) is 3.88. The molecule has 1 aromatic heterocycles. The van der Waals surface area contributed by atoms with E-state index in [-0.39, 0.29) is 18.4 Å². The molecule has 1 aromatic rings. The van der Waals surface area contributed by atoms with Gasteiger partial charge >= 0.3 is 0 Å². The van der Waals surface area contributed by atoms with E-state index in [2.05, 4.69) is 15.5 Å². The summed E-state index contributed by atoms with van der Waals surface area (Å²) in [6.07, 6.45) is 3.65. The molecule has 114 valence electrons. The van der Waals surface area contributed by atoms with Crippen LogP contribution in [0.15, 0.2) is 4.52 Å². The Morgan fingerprint density at radius 2 is 2.24 bits per heavy atom. The van der Waals surface area contributed by atoms with Gasteiger partial charge in [0.25, 0.3) is 0 Å². The lowest BCUT2D eigenvalue weighted by atomic mass is 9.96. The molecule has 2 amide bonds. The van der Waals surface area contributed by atoms with Gasteiger partial charge in [0.2, 0.25) is 17.7 Å². The Balaban J connectivity index is 1.70. The fourth-order valence-corrected chi connectivity index (χ4v) is 3.80. The zero-order valence-electron chi connectivity index (χ0n) is 11.9. The number of carbonyl (C=O) groups is 2. The fraction of sp³-hybridized carbons (Fsp3) is 0.692. The molecule has 1 saturated carbocycles. The second kappa shape index (κ2) is 5.67. The van der Waals surface area contributed by atoms with Gasteiger partial charge < -0.3 is 14.7 Å². The van der Waals surface area contributed by atoms with Gasteiger partial charge in [-0.2, -0.15) is 4.98 Å². The van der Waals surface area contributed by atoms with Crippen LogP contribution in [-0.2, 0) is 15.1 Å². The molecule has 1 saturated heterocycles. The van der Waals surface area contributed by atoms with Crippen molar-refractivity contribution in [2.75, 3.05) is 18.2 Å². The van der Waals surface area contributed by atoms with Crippen LogP contribution < -0.4 is 5.32 Å². The van der Waals surface area contributed by atoms with E-state index >= 15 is 0 Å². The minimum atomic E-state index is -0.537. The number of hydrogen-bond donors (Lipinski definition) is 1. The number of thioether (sulfide) groups is 1. The van der Waals surface area contributed by atoms with E-state index in [9.17, 15) is 9.59 Å². The smallest absolute Gasteiger partial charge is 0.240 e. The van der Waals surface area contributed by atoms with Crippen molar-refractivity contribution in [3.05, 3.63) is 11.7 Å². The Hall–Kier alpha value is -1.57. The third-order valence-corrected chi connectivity index (χ3v) is 4.90. The lowest BCUT2D eigenvalue weighted by Gasteiger charge is -2.27. The third kappa shape index (κ3) is 2.90. The van der Waals surface area contributed by atoms with Gasteiger partial charge in [-0.1, -0.05) is 18.0 Å². The van der Waals surface area contributed by atoms with Gasteiger partial charge in [0.05, 0.1) is 11.6 Å². The Bertz CT molecular complexity index is 553. The second-order valence-corrected chi connectivity index (χ2v) is 6.50. The summed E-state index contributed by atoms with van der Waals surface area (Å²) in [5.41, 5.74) is -0.537. The highest BCUT2D eigenvalue weighted by Gasteiger charge is 2.41. The molecule has 0 atom stereocenters. The van der Waals surface area contributed by atoms with Gasteiger partial charge in [-0.15, -0.1) is 11.8 Å². The summed E-state index contributed by atoms with van der Waals surface area (Å²) in [5, 5.41) is 7.03. The van der Waals surface area contributed by atoms with E-state index in [1.54, 1.807) is 11.8 Å². The van der Waals surface area contributed by atoms with Crippen molar-refractivity contribution in [3.63, 3.8) is 0 Å². The molecule has 0 spiro atoms. The quantitative estimate of drug-likeness (QED) is 0.885. The summed E-state index contributed by atoms with van der Waals surface area (Å²) in [7, 11) is 0. The van der Waals surface area contributed by atoms with E-state index in [1.165, 1.54) is 11.8 Å². The van der Waals surface area contributed by atoms with Gasteiger partial charge in [0, 0.05) is 6.92 Å². The first kappa shape index (κ1) is 14.4. The monoisotopic (exact) mass is 310 g/mol. The molecular weight excluding hydrogens is 292 g/mol. The fourth-order valence-electron chi connectivity index (χ4n) is 2.90. The molecule has 1 aliphatic carbocycles. The number of hydrogen-bond acceptors (Lipinski definition) is 6. The molecule has 0 radical (unpaired) electrons. The first-order chi connectivity index (χ1) is 10.1. The average Bonchev–Trinajstić information content (AvgIpc) is 3.14. The van der Waals surface area contributed by atoms with E-state index in [1.807, 2.05) is 0 Å². The summed E-state index contributed by atoms with van der Waals surface area (Å²) in [4.78, 5) is 29.7. The molecule has 7 nitrogen and oxygen atoms in total. The molecular formula is C13H18N4O3S. The van der Waals surface area contributed by atoms with Crippen molar-refractivity contribution in [1.29, 1.82) is 0 Å². The maximum atomic E-state index is 12.3. The molecule has 0 bridgehead atoms. The van der Waals surface area contributed by atoms with E-state index in [0.29, 0.717) is 23.3 Å². The second-order valence-electron chi connectivity index (χ2n) is 5.54. The molecule has 0 unspecified atom stereocenters. The standard InChI is InChI=1S/C13H18N4O3S/c1-9-14-12(16-20-9)13(4-2-3-5-13)15-10(18)6-17-8-21-7-11(17)19/h2-8H2,1H3,(H,15,18). The van der Waals surface area contributed by atoms with Gasteiger partial charge in [-0.3, -0.25) is 9.59 Å². The lowest BCUT2D eigenvalue weighted by molar-refractivity contribution is -0.133. The topological polar surface area (TPSA) is 88.3 Å². The van der Waals surface area contributed by atoms with Crippen LogP contribution in [-0.4, -0.2) is 45.0 Å². The Labute approximate surface area is 126 Å². The van der Waals surface area contributed by atoms with Gasteiger partial charge in [-0.05, 0) is 12.8 Å². The molecule has 0 aromatic carbocycles. The lowest BCUT2D eigenvalue weighted by Crippen LogP contribution is -2.48. The average molecular weight is 310 g/mol. The van der Waals surface area contributed by atoms with E-state index in [4.69, 9.17) is 4.52 Å². The summed E-state index contributed by atoms with van der Waals surface area (Å²) >= 11 is 1.53. The van der Waals surface area contributed by atoms with Crippen LogP contribution in [0.4, 0.5) is 0 Å². The van der Waals surface area contributed by atoms with Crippen LogP contribution in [0, 0.1) is 6.92 Å². The number of nitrogens with one attached hydrogen (secondary N) is 1. The van der Waals surface area contributed by atoms with Crippen molar-refractivity contribution in [3.8, 4) is 0 Å². The number of nitrogens with zero attached hydrogens (tertiary/aromatic N) is 3. The van der Waals surface area contributed by atoms with Crippen LogP contribution >= 0.6 is 11.8 Å². The maximum Gasteiger partial charge on any atom is 0.240 e. The zero-order valence-corrected chi connectivity index (χ0v) is 12.7. The highest BCUT2D eigenvalue weighted by molar-refractivity contribution is 8.00. The van der Waals surface area contributed by atoms with Crippen molar-refractivity contribution < 1.29 is 14.1 Å². The van der Waals surface area contributed by atoms with Crippen molar-refractivity contribution in [2.45, 2.75) is 38.1 Å². The number of carbonyl (C=O) groups excluding carboxylic acids is 2. The number of aromatic nitrogens is 2. The summed E-state index contributed by atoms with van der Waals surface area (Å²) < 4.78 is 5.05. The Morgan fingerprint density at radius 1 is 1.48 bits per heavy atom. The van der Waals surface area contributed by atoms with Crippen LogP contribution in [0.2, 0.25) is 0 Å². The number of aryl methyl sites for hydroxylation is 1. The normalized spacial score (nSPS) is 21.0. The molecule has 2 fully saturated rings. The highest BCUT2D eigenvalue weighted by Crippen LogP contribution is 2.37. The maximum absolute atomic E-state index is 12.3. The largest absolute Gasteiger partial charge is 0.342 e. The first-order valence-corrected chi connectivity index (χ1v) is 8.22. The highest BCUT2D eigenvalue weighted by atomic mass is 32.2. The molecule has 1 N–H and O–H groups in total. The summed E-state index contributed by atoms with van der Waals surface area (Å²) in [6, 6.07) is 0. The number of rotatable bonds is 4. The van der Waals surface area contributed by atoms with Gasteiger partial charge in [-0.25, -0.2) is 0 Å². The molecule has 1 aliphatic heterocycles.